The Morgan fingerprint density at radius 3 is 2.78 bits per heavy atom. The molecule has 1 aromatic carbocycles. The van der Waals surface area contributed by atoms with Crippen LogP contribution in [0.4, 0.5) is 0 Å². The first-order valence-electron chi connectivity index (χ1n) is 9.44. The smallest absolute Gasteiger partial charge is 0.233 e. The van der Waals surface area contributed by atoms with E-state index in [0.29, 0.717) is 17.5 Å². The highest BCUT2D eigenvalue weighted by Gasteiger charge is 2.19. The van der Waals surface area contributed by atoms with Crippen LogP contribution in [0.15, 0.2) is 41.1 Å². The normalized spacial score (nSPS) is 15.3. The van der Waals surface area contributed by atoms with Crippen LogP contribution in [0.5, 0.6) is 0 Å². The molecule has 7 heteroatoms. The number of nitrogens with one attached hydrogen (secondary N) is 1. The summed E-state index contributed by atoms with van der Waals surface area (Å²) in [6, 6.07) is 7.95. The van der Waals surface area contributed by atoms with Crippen molar-refractivity contribution in [3.05, 3.63) is 41.5 Å². The minimum atomic E-state index is -0.289. The molecule has 2 aromatic rings. The van der Waals surface area contributed by atoms with Crippen molar-refractivity contribution in [3.8, 4) is 11.4 Å². The van der Waals surface area contributed by atoms with Gasteiger partial charge in [0.05, 0.1) is 5.25 Å². The van der Waals surface area contributed by atoms with E-state index in [4.69, 9.17) is 5.84 Å². The summed E-state index contributed by atoms with van der Waals surface area (Å²) >= 11 is 1.32. The molecule has 0 saturated carbocycles. The van der Waals surface area contributed by atoms with Gasteiger partial charge in [-0.3, -0.25) is 4.79 Å². The van der Waals surface area contributed by atoms with Gasteiger partial charge < -0.3 is 11.2 Å². The van der Waals surface area contributed by atoms with Gasteiger partial charge in [0, 0.05) is 12.1 Å². The lowest BCUT2D eigenvalue weighted by Crippen LogP contribution is -2.32. The molecule has 1 heterocycles. The number of nitrogens with two attached hydrogens (primary N) is 1. The van der Waals surface area contributed by atoms with Crippen LogP contribution < -0.4 is 11.2 Å². The van der Waals surface area contributed by atoms with Gasteiger partial charge in [0.25, 0.3) is 0 Å². The summed E-state index contributed by atoms with van der Waals surface area (Å²) in [7, 11) is 0. The molecule has 1 aliphatic rings. The number of carbonyl (C=O) groups is 1. The molecule has 1 amide bonds. The molecule has 1 unspecified atom stereocenters. The van der Waals surface area contributed by atoms with E-state index >= 15 is 0 Å². The highest BCUT2D eigenvalue weighted by atomic mass is 32.2. The predicted molar refractivity (Wildman–Crippen MR) is 110 cm³/mol. The highest BCUT2D eigenvalue weighted by molar-refractivity contribution is 8.00. The zero-order valence-corrected chi connectivity index (χ0v) is 16.8. The van der Waals surface area contributed by atoms with Gasteiger partial charge >= 0.3 is 0 Å². The third-order valence-corrected chi connectivity index (χ3v) is 5.81. The van der Waals surface area contributed by atoms with Crippen LogP contribution in [0.25, 0.3) is 11.4 Å². The Balaban J connectivity index is 1.54. The van der Waals surface area contributed by atoms with Crippen LogP contribution in [0.2, 0.25) is 0 Å². The zero-order chi connectivity index (χ0) is 19.2. The van der Waals surface area contributed by atoms with E-state index in [1.807, 2.05) is 38.1 Å². The largest absolute Gasteiger partial charge is 0.355 e. The predicted octanol–water partition coefficient (Wildman–Crippen LogP) is 3.45. The van der Waals surface area contributed by atoms with E-state index in [-0.39, 0.29) is 11.2 Å². The second-order valence-electron chi connectivity index (χ2n) is 6.95. The van der Waals surface area contributed by atoms with Crippen LogP contribution in [-0.2, 0) is 4.79 Å². The van der Waals surface area contributed by atoms with Crippen LogP contribution in [-0.4, -0.2) is 32.6 Å². The van der Waals surface area contributed by atoms with Crippen molar-refractivity contribution in [1.82, 2.24) is 20.2 Å². The molecule has 0 fully saturated rings. The van der Waals surface area contributed by atoms with E-state index in [2.05, 4.69) is 21.6 Å². The molecule has 144 valence electrons. The van der Waals surface area contributed by atoms with Gasteiger partial charge in [0.2, 0.25) is 11.1 Å². The maximum atomic E-state index is 12.4. The number of hydrogen-bond donors (Lipinski definition) is 2. The molecule has 0 radical (unpaired) electrons. The van der Waals surface area contributed by atoms with Crippen LogP contribution >= 0.6 is 11.8 Å². The summed E-state index contributed by atoms with van der Waals surface area (Å²) in [6.07, 6.45) is 8.14. The van der Waals surface area contributed by atoms with E-state index in [0.717, 1.165) is 18.4 Å². The number of nitrogens with zero attached hydrogens (tertiary/aromatic N) is 3. The van der Waals surface area contributed by atoms with Gasteiger partial charge in [-0.2, -0.15) is 0 Å². The number of nitrogen functional groups attached to an aromatic ring is 1. The van der Waals surface area contributed by atoms with Crippen molar-refractivity contribution in [2.75, 3.05) is 12.4 Å². The molecule has 0 aliphatic heterocycles. The summed E-state index contributed by atoms with van der Waals surface area (Å²) in [5, 5.41) is 11.6. The zero-order valence-electron chi connectivity index (χ0n) is 15.9. The topological polar surface area (TPSA) is 85.8 Å². The summed E-state index contributed by atoms with van der Waals surface area (Å²) in [4.78, 5) is 12.4. The highest BCUT2D eigenvalue weighted by Crippen LogP contribution is 2.25. The molecule has 3 N–H and O–H groups in total. The molecule has 1 atom stereocenters. The standard InChI is InChI=1S/C20H27N5OS/c1-14-8-10-17(11-9-14)18-23-24-20(25(18)21)27-15(2)19(26)22-13-12-16-6-4-3-5-7-16/h6,8-11,15H,3-5,7,12-13,21H2,1-2H3,(H,22,26). The SMILES string of the molecule is Cc1ccc(-c2nnc(SC(C)C(=O)NCCC3=CCCCC3)n2N)cc1. The molecule has 0 bridgehead atoms. The van der Waals surface area contributed by atoms with Crippen molar-refractivity contribution in [2.24, 2.45) is 0 Å². The maximum Gasteiger partial charge on any atom is 0.233 e. The number of aromatic nitrogens is 3. The second-order valence-corrected chi connectivity index (χ2v) is 8.26. The Hall–Kier alpha value is -2.28. The fourth-order valence-corrected chi connectivity index (χ4v) is 3.88. The number of amides is 1. The molecular weight excluding hydrogens is 358 g/mol. The average Bonchev–Trinajstić information content (AvgIpc) is 3.03. The first-order chi connectivity index (χ1) is 13.0. The lowest BCUT2D eigenvalue weighted by molar-refractivity contribution is -0.120. The molecule has 3 rings (SSSR count). The second kappa shape index (κ2) is 9.08. The summed E-state index contributed by atoms with van der Waals surface area (Å²) < 4.78 is 1.45. The van der Waals surface area contributed by atoms with Crippen molar-refractivity contribution < 1.29 is 4.79 Å². The Kier molecular flexibility index (Phi) is 6.55. The Labute approximate surface area is 164 Å². The maximum absolute atomic E-state index is 12.4. The number of thioether (sulfide) groups is 1. The first kappa shape index (κ1) is 19.5. The van der Waals surface area contributed by atoms with Gasteiger partial charge in [-0.1, -0.05) is 53.2 Å². The molecule has 0 saturated heterocycles. The van der Waals surface area contributed by atoms with E-state index in [9.17, 15) is 4.79 Å². The number of hydrogen-bond acceptors (Lipinski definition) is 5. The fourth-order valence-electron chi connectivity index (χ4n) is 3.09. The van der Waals surface area contributed by atoms with Gasteiger partial charge in [-0.15, -0.1) is 10.2 Å². The van der Waals surface area contributed by atoms with Gasteiger partial charge in [0.15, 0.2) is 5.82 Å². The molecule has 1 aromatic heterocycles. The average molecular weight is 386 g/mol. The van der Waals surface area contributed by atoms with Crippen LogP contribution in [0.1, 0.15) is 44.6 Å². The van der Waals surface area contributed by atoms with Crippen molar-refractivity contribution in [2.45, 2.75) is 56.4 Å². The van der Waals surface area contributed by atoms with E-state index in [1.54, 1.807) is 0 Å². The molecular formula is C20H27N5OS. The minimum Gasteiger partial charge on any atom is -0.355 e. The summed E-state index contributed by atoms with van der Waals surface area (Å²) in [5.74, 6) is 6.74. The van der Waals surface area contributed by atoms with Crippen molar-refractivity contribution in [3.63, 3.8) is 0 Å². The third-order valence-electron chi connectivity index (χ3n) is 4.76. The Morgan fingerprint density at radius 2 is 2.07 bits per heavy atom. The van der Waals surface area contributed by atoms with Crippen molar-refractivity contribution in [1.29, 1.82) is 0 Å². The lowest BCUT2D eigenvalue weighted by atomic mass is 9.97. The summed E-state index contributed by atoms with van der Waals surface area (Å²) in [5.41, 5.74) is 3.54. The Bertz CT molecular complexity index is 812. The molecule has 27 heavy (non-hydrogen) atoms. The first-order valence-corrected chi connectivity index (χ1v) is 10.3. The number of allylic oxidation sites excluding steroid dienone is 1. The molecule has 1 aliphatic carbocycles. The third kappa shape index (κ3) is 5.13. The van der Waals surface area contributed by atoms with Gasteiger partial charge in [0.1, 0.15) is 0 Å². The molecule has 0 spiro atoms. The lowest BCUT2D eigenvalue weighted by Gasteiger charge is -2.14. The van der Waals surface area contributed by atoms with Gasteiger partial charge in [-0.25, -0.2) is 4.68 Å². The van der Waals surface area contributed by atoms with Crippen molar-refractivity contribution >= 4 is 17.7 Å². The van der Waals surface area contributed by atoms with Crippen LogP contribution in [0, 0.1) is 6.92 Å². The van der Waals surface area contributed by atoms with Gasteiger partial charge in [-0.05, 0) is 46.0 Å². The number of benzene rings is 1. The monoisotopic (exact) mass is 385 g/mol. The van der Waals surface area contributed by atoms with E-state index in [1.165, 1.54) is 46.8 Å². The number of rotatable bonds is 7. The number of carbonyl (C=O) groups excluding carboxylic acids is 1. The van der Waals surface area contributed by atoms with Crippen LogP contribution in [0.3, 0.4) is 0 Å². The quantitative estimate of drug-likeness (QED) is 0.433. The summed E-state index contributed by atoms with van der Waals surface area (Å²) in [6.45, 7) is 4.57. The number of aryl methyl sites for hydroxylation is 1. The Morgan fingerprint density at radius 1 is 1.30 bits per heavy atom. The molecule has 6 nitrogen and oxygen atoms in total. The minimum absolute atomic E-state index is 0.00343. The van der Waals surface area contributed by atoms with E-state index < -0.39 is 0 Å². The fraction of sp³-hybridized carbons (Fsp3) is 0.450.